The molecule has 0 radical (unpaired) electrons. The van der Waals surface area contributed by atoms with Crippen LogP contribution in [0.2, 0.25) is 0 Å². The number of carbonyl (C=O) groups is 1. The highest BCUT2D eigenvalue weighted by Gasteiger charge is 2.31. The fourth-order valence-electron chi connectivity index (χ4n) is 4.06. The molecule has 0 aromatic rings. The molecule has 3 heteroatoms. The highest BCUT2D eigenvalue weighted by molar-refractivity contribution is 5.76. The fraction of sp³-hybridized carbons (Fsp3) is 0.944. The van der Waals surface area contributed by atoms with E-state index in [1.807, 2.05) is 0 Å². The third-order valence-electron chi connectivity index (χ3n) is 5.72. The van der Waals surface area contributed by atoms with E-state index in [4.69, 9.17) is 5.73 Å². The van der Waals surface area contributed by atoms with Crippen molar-refractivity contribution in [2.45, 2.75) is 78.2 Å². The predicted octanol–water partition coefficient (Wildman–Crippen LogP) is 3.57. The Morgan fingerprint density at radius 3 is 2.43 bits per heavy atom. The molecule has 2 aliphatic rings. The summed E-state index contributed by atoms with van der Waals surface area (Å²) in [7, 11) is 0. The zero-order chi connectivity index (χ0) is 15.5. The van der Waals surface area contributed by atoms with E-state index in [1.165, 1.54) is 32.1 Å². The lowest BCUT2D eigenvalue weighted by molar-refractivity contribution is -0.131. The first kappa shape index (κ1) is 16.8. The second kappa shape index (κ2) is 7.13. The fourth-order valence-corrected chi connectivity index (χ4v) is 4.06. The van der Waals surface area contributed by atoms with Gasteiger partial charge in [0.25, 0.3) is 0 Å². The number of carbonyl (C=O) groups excluding carboxylic acids is 1. The minimum Gasteiger partial charge on any atom is -0.341 e. The summed E-state index contributed by atoms with van der Waals surface area (Å²) in [6.45, 7) is 8.57. The van der Waals surface area contributed by atoms with Crippen LogP contribution in [0.5, 0.6) is 0 Å². The number of nitrogens with two attached hydrogens (primary N) is 1. The van der Waals surface area contributed by atoms with E-state index in [0.29, 0.717) is 29.6 Å². The Hall–Kier alpha value is -0.570. The molecule has 2 atom stereocenters. The van der Waals surface area contributed by atoms with Crippen LogP contribution in [-0.2, 0) is 4.79 Å². The number of hydrogen-bond donors (Lipinski definition) is 1. The van der Waals surface area contributed by atoms with Crippen molar-refractivity contribution in [3.8, 4) is 0 Å². The van der Waals surface area contributed by atoms with Gasteiger partial charge >= 0.3 is 0 Å². The van der Waals surface area contributed by atoms with E-state index in [1.54, 1.807) is 0 Å². The molecule has 122 valence electrons. The molecule has 1 aliphatic heterocycles. The smallest absolute Gasteiger partial charge is 0.222 e. The molecule has 2 N–H and O–H groups in total. The van der Waals surface area contributed by atoms with Gasteiger partial charge in [-0.05, 0) is 42.9 Å². The highest BCUT2D eigenvalue weighted by atomic mass is 16.2. The van der Waals surface area contributed by atoms with E-state index < -0.39 is 0 Å². The quantitative estimate of drug-likeness (QED) is 0.865. The summed E-state index contributed by atoms with van der Waals surface area (Å²) < 4.78 is 0. The maximum absolute atomic E-state index is 12.4. The van der Waals surface area contributed by atoms with Crippen molar-refractivity contribution in [2.24, 2.45) is 23.0 Å². The van der Waals surface area contributed by atoms with Gasteiger partial charge < -0.3 is 10.6 Å². The Bertz CT molecular complexity index is 342. The third kappa shape index (κ3) is 4.70. The molecule has 2 rings (SSSR count). The van der Waals surface area contributed by atoms with Crippen LogP contribution >= 0.6 is 0 Å². The molecule has 0 bridgehead atoms. The molecule has 0 spiro atoms. The van der Waals surface area contributed by atoms with Gasteiger partial charge in [-0.1, -0.05) is 40.0 Å². The van der Waals surface area contributed by atoms with Gasteiger partial charge in [0, 0.05) is 25.6 Å². The Labute approximate surface area is 130 Å². The average molecular weight is 294 g/mol. The summed E-state index contributed by atoms with van der Waals surface area (Å²) in [5.74, 6) is 1.61. The van der Waals surface area contributed by atoms with Gasteiger partial charge in [0.05, 0.1) is 0 Å². The van der Waals surface area contributed by atoms with E-state index >= 15 is 0 Å². The summed E-state index contributed by atoms with van der Waals surface area (Å²) in [6.07, 6.45) is 9.39. The number of hydrogen-bond acceptors (Lipinski definition) is 2. The standard InChI is InChI=1S/C18H34N2O/c1-18(2,3)15-9-10-17(21)20(12-11-15)13-16(19)14-7-5-4-6-8-14/h14-16H,4-13,19H2,1-3H3. The molecule has 2 fully saturated rings. The maximum Gasteiger partial charge on any atom is 0.222 e. The van der Waals surface area contributed by atoms with E-state index in [9.17, 15) is 4.79 Å². The van der Waals surface area contributed by atoms with Gasteiger partial charge in [0.15, 0.2) is 0 Å². The molecular formula is C18H34N2O. The van der Waals surface area contributed by atoms with Crippen molar-refractivity contribution >= 4 is 5.91 Å². The van der Waals surface area contributed by atoms with Crippen molar-refractivity contribution in [1.29, 1.82) is 0 Å². The van der Waals surface area contributed by atoms with Crippen LogP contribution in [0.1, 0.15) is 72.1 Å². The van der Waals surface area contributed by atoms with Crippen molar-refractivity contribution < 1.29 is 4.79 Å². The molecule has 1 saturated heterocycles. The second-order valence-corrected chi connectivity index (χ2v) is 8.29. The van der Waals surface area contributed by atoms with Crippen molar-refractivity contribution in [3.05, 3.63) is 0 Å². The van der Waals surface area contributed by atoms with E-state index in [-0.39, 0.29) is 6.04 Å². The minimum absolute atomic E-state index is 0.181. The number of likely N-dealkylation sites (tertiary alicyclic amines) is 1. The van der Waals surface area contributed by atoms with E-state index in [0.717, 1.165) is 25.9 Å². The molecule has 0 aromatic heterocycles. The van der Waals surface area contributed by atoms with Gasteiger partial charge in [0.1, 0.15) is 0 Å². The van der Waals surface area contributed by atoms with Crippen molar-refractivity contribution in [2.75, 3.05) is 13.1 Å². The molecule has 21 heavy (non-hydrogen) atoms. The van der Waals surface area contributed by atoms with Gasteiger partial charge in [-0.15, -0.1) is 0 Å². The van der Waals surface area contributed by atoms with Crippen LogP contribution in [0.3, 0.4) is 0 Å². The molecule has 1 saturated carbocycles. The van der Waals surface area contributed by atoms with Crippen molar-refractivity contribution in [3.63, 3.8) is 0 Å². The molecule has 3 nitrogen and oxygen atoms in total. The van der Waals surface area contributed by atoms with Gasteiger partial charge in [0.2, 0.25) is 5.91 Å². The normalized spacial score (nSPS) is 27.5. The zero-order valence-corrected chi connectivity index (χ0v) is 14.2. The first-order chi connectivity index (χ1) is 9.88. The second-order valence-electron chi connectivity index (χ2n) is 8.29. The van der Waals surface area contributed by atoms with Crippen LogP contribution in [0, 0.1) is 17.3 Å². The third-order valence-corrected chi connectivity index (χ3v) is 5.72. The monoisotopic (exact) mass is 294 g/mol. The molecule has 1 aliphatic carbocycles. The summed E-state index contributed by atoms with van der Waals surface area (Å²) in [4.78, 5) is 14.4. The summed E-state index contributed by atoms with van der Waals surface area (Å²) in [5.41, 5.74) is 6.73. The van der Waals surface area contributed by atoms with Crippen LogP contribution in [-0.4, -0.2) is 29.9 Å². The Balaban J connectivity index is 1.88. The van der Waals surface area contributed by atoms with Gasteiger partial charge in [-0.2, -0.15) is 0 Å². The first-order valence-corrected chi connectivity index (χ1v) is 8.91. The first-order valence-electron chi connectivity index (χ1n) is 8.91. The van der Waals surface area contributed by atoms with Crippen molar-refractivity contribution in [1.82, 2.24) is 4.90 Å². The molecule has 1 heterocycles. The molecule has 1 amide bonds. The lowest BCUT2D eigenvalue weighted by Crippen LogP contribution is -2.45. The van der Waals surface area contributed by atoms with Crippen LogP contribution in [0.15, 0.2) is 0 Å². The van der Waals surface area contributed by atoms with Gasteiger partial charge in [-0.3, -0.25) is 4.79 Å². The maximum atomic E-state index is 12.4. The van der Waals surface area contributed by atoms with Crippen LogP contribution < -0.4 is 5.73 Å². The highest BCUT2D eigenvalue weighted by Crippen LogP contribution is 2.35. The Kier molecular flexibility index (Phi) is 5.70. The molecular weight excluding hydrogens is 260 g/mol. The summed E-state index contributed by atoms with van der Waals surface area (Å²) in [6, 6.07) is 0.181. The number of rotatable bonds is 3. The number of nitrogens with zero attached hydrogens (tertiary/aromatic N) is 1. The van der Waals surface area contributed by atoms with Crippen LogP contribution in [0.4, 0.5) is 0 Å². The Morgan fingerprint density at radius 1 is 1.14 bits per heavy atom. The SMILES string of the molecule is CC(C)(C)C1CCC(=O)N(CC(N)C2CCCCC2)CC1. The van der Waals surface area contributed by atoms with Gasteiger partial charge in [-0.25, -0.2) is 0 Å². The van der Waals surface area contributed by atoms with Crippen LogP contribution in [0.25, 0.3) is 0 Å². The topological polar surface area (TPSA) is 46.3 Å². The predicted molar refractivity (Wildman–Crippen MR) is 87.9 cm³/mol. The van der Waals surface area contributed by atoms with E-state index in [2.05, 4.69) is 25.7 Å². The molecule has 2 unspecified atom stereocenters. The molecule has 0 aromatic carbocycles. The summed E-state index contributed by atoms with van der Waals surface area (Å²) >= 11 is 0. The largest absolute Gasteiger partial charge is 0.341 e. The summed E-state index contributed by atoms with van der Waals surface area (Å²) in [5, 5.41) is 0. The lowest BCUT2D eigenvalue weighted by Gasteiger charge is -2.32. The average Bonchev–Trinajstić information content (AvgIpc) is 2.62. The minimum atomic E-state index is 0.181. The lowest BCUT2D eigenvalue weighted by atomic mass is 9.77. The Morgan fingerprint density at radius 2 is 1.81 bits per heavy atom. The number of amides is 1. The zero-order valence-electron chi connectivity index (χ0n) is 14.2.